The molecule has 0 amide bonds. The monoisotopic (exact) mass is 612 g/mol. The van der Waals surface area contributed by atoms with E-state index < -0.39 is 82.3 Å². The number of carboxylic acid groups (broad SMARTS) is 8. The van der Waals surface area contributed by atoms with Gasteiger partial charge >= 0.3 is 236 Å². The molecule has 0 aliphatic heterocycles. The number of carbonyl (C=O) groups excluding carboxylic acids is 8. The third kappa shape index (κ3) is 8.12. The summed E-state index contributed by atoms with van der Waals surface area (Å²) < 4.78 is 0. The van der Waals surface area contributed by atoms with Crippen LogP contribution in [0.1, 0.15) is 12.8 Å². The van der Waals surface area contributed by atoms with Crippen LogP contribution >= 0.6 is 0 Å². The zero-order valence-electron chi connectivity index (χ0n) is 21.9. The van der Waals surface area contributed by atoms with E-state index >= 15 is 0 Å². The van der Waals surface area contributed by atoms with Gasteiger partial charge in [-0.3, -0.25) is 0 Å². The Bertz CT molecular complexity index is 807. The maximum Gasteiger partial charge on any atom is 1.00 e. The molecule has 0 bridgehead atoms. The number of carbonyl (C=O) groups is 8. The van der Waals surface area contributed by atoms with Crippen molar-refractivity contribution in [1.29, 1.82) is 0 Å². The van der Waals surface area contributed by atoms with E-state index in [9.17, 15) is 79.2 Å². The van der Waals surface area contributed by atoms with E-state index in [4.69, 9.17) is 0 Å². The number of aliphatic carboxylic acids is 8. The zero-order chi connectivity index (χ0) is 24.0. The molecule has 0 N–H and O–H groups in total. The molecule has 38 heavy (non-hydrogen) atoms. The Morgan fingerprint density at radius 2 is 0.447 bits per heavy atom. The normalized spacial score (nSPS) is 16.0. The van der Waals surface area contributed by atoms with Crippen molar-refractivity contribution in [3.8, 4) is 0 Å². The van der Waals surface area contributed by atoms with E-state index in [1.165, 1.54) is 0 Å². The fraction of sp³-hybridized carbons (Fsp3) is 0.429. The Labute approximate surface area is 389 Å². The molecule has 0 spiro atoms. The van der Waals surface area contributed by atoms with Crippen molar-refractivity contribution < 1.29 is 316 Å². The molecular formula is C14H4Na8O16. The first-order chi connectivity index (χ1) is 13.5. The molecule has 1 aliphatic carbocycles. The van der Waals surface area contributed by atoms with Crippen LogP contribution in [0.2, 0.25) is 0 Å². The summed E-state index contributed by atoms with van der Waals surface area (Å²) in [6.07, 6.45) is -4.41. The minimum atomic E-state index is -5.59. The van der Waals surface area contributed by atoms with Crippen molar-refractivity contribution in [2.24, 2.45) is 21.7 Å². The van der Waals surface area contributed by atoms with Gasteiger partial charge in [0.25, 0.3) is 0 Å². The van der Waals surface area contributed by atoms with Crippen molar-refractivity contribution in [2.45, 2.75) is 12.8 Å². The number of rotatable bonds is 8. The Kier molecular flexibility index (Phi) is 35.7. The van der Waals surface area contributed by atoms with Crippen LogP contribution in [-0.4, -0.2) is 47.8 Å². The Balaban J connectivity index is -0.000000187. The maximum atomic E-state index is 11.8. The minimum Gasteiger partial charge on any atom is -0.549 e. The van der Waals surface area contributed by atoms with Gasteiger partial charge in [0.1, 0.15) is 0 Å². The second kappa shape index (κ2) is 22.3. The Morgan fingerprint density at radius 3 is 0.526 bits per heavy atom. The molecule has 1 rings (SSSR count). The van der Waals surface area contributed by atoms with Gasteiger partial charge in [-0.15, -0.1) is 0 Å². The standard InChI is InChI=1S/C14H12O16.8Na/c15-3(16)11(4(17)18)1-2-12(5(19)20,6(21)22)14(9(27)28,10(29)30)13(11,7(23)24)8(25)26;;;;;;;;/h1-2H2,(H,15,16)(H,17,18)(H,19,20)(H,21,22)(H,23,24)(H,25,26)(H,27,28)(H,29,30);;;;;;;;/q;8*+1/p-8. The third-order valence-electron chi connectivity index (χ3n) is 5.34. The summed E-state index contributed by atoms with van der Waals surface area (Å²) in [6.45, 7) is 0. The van der Waals surface area contributed by atoms with Crippen LogP contribution < -0.4 is 277 Å². The number of carboxylic acids is 8. The van der Waals surface area contributed by atoms with Crippen LogP contribution in [0.4, 0.5) is 0 Å². The van der Waals surface area contributed by atoms with E-state index in [-0.39, 0.29) is 236 Å². The van der Waals surface area contributed by atoms with Crippen LogP contribution in [0.3, 0.4) is 0 Å². The van der Waals surface area contributed by atoms with Crippen LogP contribution in [0.25, 0.3) is 0 Å². The van der Waals surface area contributed by atoms with E-state index in [1.54, 1.807) is 0 Å². The molecule has 0 atom stereocenters. The summed E-state index contributed by atoms with van der Waals surface area (Å²) in [4.78, 5) is 93.3. The molecule has 0 heterocycles. The van der Waals surface area contributed by atoms with Gasteiger partial charge in [0, 0.05) is 0 Å². The van der Waals surface area contributed by atoms with E-state index in [2.05, 4.69) is 0 Å². The summed E-state index contributed by atoms with van der Waals surface area (Å²) in [7, 11) is 0. The summed E-state index contributed by atoms with van der Waals surface area (Å²) in [5, 5.41) is 93.3. The van der Waals surface area contributed by atoms with Crippen LogP contribution in [0.15, 0.2) is 0 Å². The summed E-state index contributed by atoms with van der Waals surface area (Å²) in [5.74, 6) is -28.2. The topological polar surface area (TPSA) is 321 Å². The second-order valence-corrected chi connectivity index (χ2v) is 6.11. The van der Waals surface area contributed by atoms with E-state index in [1.807, 2.05) is 0 Å². The summed E-state index contributed by atoms with van der Waals surface area (Å²) in [6, 6.07) is 0. The Hall–Kier alpha value is 3.76. The summed E-state index contributed by atoms with van der Waals surface area (Å²) in [5.41, 5.74) is -20.7. The largest absolute Gasteiger partial charge is 1.00 e. The van der Waals surface area contributed by atoms with Gasteiger partial charge in [-0.2, -0.15) is 0 Å². The molecule has 24 heteroatoms. The first-order valence-corrected chi connectivity index (χ1v) is 7.22. The van der Waals surface area contributed by atoms with Gasteiger partial charge in [0.15, 0.2) is 0 Å². The number of hydrogen-bond donors (Lipinski definition) is 0. The average Bonchev–Trinajstić information content (AvgIpc) is 2.57. The fourth-order valence-corrected chi connectivity index (χ4v) is 4.05. The zero-order valence-corrected chi connectivity index (χ0v) is 37.9. The maximum absolute atomic E-state index is 11.8. The number of hydrogen-bond acceptors (Lipinski definition) is 16. The third-order valence-corrected chi connectivity index (χ3v) is 5.34. The van der Waals surface area contributed by atoms with Crippen molar-refractivity contribution in [3.05, 3.63) is 0 Å². The molecule has 0 aromatic rings. The SMILES string of the molecule is O=C([O-])C1(C(=O)[O-])CCC(C(=O)[O-])(C(=O)[O-])C(C(=O)[O-])(C(=O)[O-])C1(C(=O)[O-])C(=O)[O-].[Na+].[Na+].[Na+].[Na+].[Na+].[Na+].[Na+].[Na+]. The summed E-state index contributed by atoms with van der Waals surface area (Å²) >= 11 is 0. The van der Waals surface area contributed by atoms with E-state index in [0.29, 0.717) is 0 Å². The second-order valence-electron chi connectivity index (χ2n) is 6.11. The predicted molar refractivity (Wildman–Crippen MR) is 59.0 cm³/mol. The molecule has 0 aromatic carbocycles. The van der Waals surface area contributed by atoms with Crippen molar-refractivity contribution in [1.82, 2.24) is 0 Å². The Morgan fingerprint density at radius 1 is 0.316 bits per heavy atom. The van der Waals surface area contributed by atoms with Gasteiger partial charge in [0.2, 0.25) is 0 Å². The molecule has 1 fully saturated rings. The molecule has 0 aromatic heterocycles. The molecule has 0 saturated heterocycles. The van der Waals surface area contributed by atoms with Gasteiger partial charge in [0.05, 0.1) is 69.4 Å². The molecule has 0 unspecified atom stereocenters. The van der Waals surface area contributed by atoms with Crippen molar-refractivity contribution in [3.63, 3.8) is 0 Å². The van der Waals surface area contributed by atoms with Gasteiger partial charge in [-0.05, 0) is 12.8 Å². The first kappa shape index (κ1) is 60.9. The molecule has 1 aliphatic rings. The quantitative estimate of drug-likeness (QED) is 0.181. The molecular weight excluding hydrogens is 608 g/mol. The average molecular weight is 612 g/mol. The smallest absolute Gasteiger partial charge is 0.549 e. The van der Waals surface area contributed by atoms with Crippen LogP contribution in [0, 0.1) is 21.7 Å². The van der Waals surface area contributed by atoms with Crippen LogP contribution in [-0.2, 0) is 38.4 Å². The predicted octanol–water partition coefficient (Wildman–Crippen LogP) is -37.2. The van der Waals surface area contributed by atoms with Crippen molar-refractivity contribution >= 4 is 47.8 Å². The van der Waals surface area contributed by atoms with Gasteiger partial charge in [-0.1, -0.05) is 0 Å². The van der Waals surface area contributed by atoms with Gasteiger partial charge < -0.3 is 79.2 Å². The van der Waals surface area contributed by atoms with E-state index in [0.717, 1.165) is 0 Å². The minimum absolute atomic E-state index is 0. The molecule has 16 nitrogen and oxygen atoms in total. The van der Waals surface area contributed by atoms with Crippen molar-refractivity contribution in [2.75, 3.05) is 0 Å². The molecule has 164 valence electrons. The molecule has 0 radical (unpaired) electrons. The first-order valence-electron chi connectivity index (χ1n) is 7.22. The van der Waals surface area contributed by atoms with Crippen LogP contribution in [0.5, 0.6) is 0 Å². The fourth-order valence-electron chi connectivity index (χ4n) is 4.05. The van der Waals surface area contributed by atoms with Gasteiger partial charge in [-0.25, -0.2) is 0 Å². The molecule has 1 saturated carbocycles.